The number of amides is 1. The van der Waals surface area contributed by atoms with Crippen LogP contribution >= 0.6 is 34.0 Å². The average molecular weight is 591 g/mol. The van der Waals surface area contributed by atoms with Crippen LogP contribution in [0.1, 0.15) is 21.1 Å². The second-order valence-corrected chi connectivity index (χ2v) is 12.4. The number of thiazole rings is 2. The predicted octanol–water partition coefficient (Wildman–Crippen LogP) is 4.90. The van der Waals surface area contributed by atoms with Crippen LogP contribution in [0, 0.1) is 6.92 Å². The van der Waals surface area contributed by atoms with E-state index >= 15 is 0 Å². The van der Waals surface area contributed by atoms with Gasteiger partial charge >= 0.3 is 0 Å². The zero-order valence-corrected chi connectivity index (χ0v) is 23.8. The molecule has 13 heteroatoms. The zero-order valence-electron chi connectivity index (χ0n) is 21.4. The number of aryl methyl sites for hydroxylation is 1. The molecule has 7 rings (SSSR count). The first-order valence-electron chi connectivity index (χ1n) is 12.4. The van der Waals surface area contributed by atoms with Gasteiger partial charge in [-0.15, -0.1) is 22.7 Å². The Bertz CT molecular complexity index is 1830. The zero-order chi connectivity index (χ0) is 27.4. The molecule has 0 radical (unpaired) electrons. The summed E-state index contributed by atoms with van der Waals surface area (Å²) in [5.74, 6) is 1.26. The molecule has 10 nitrogen and oxygen atoms in total. The van der Waals surface area contributed by atoms with E-state index in [9.17, 15) is 9.90 Å². The number of ether oxygens (including phenoxy) is 2. The van der Waals surface area contributed by atoms with Crippen LogP contribution in [0.2, 0.25) is 0 Å². The van der Waals surface area contributed by atoms with Crippen molar-refractivity contribution in [1.29, 1.82) is 0 Å². The molecule has 5 heterocycles. The number of aliphatic hydroxyl groups is 1. The van der Waals surface area contributed by atoms with E-state index in [0.29, 0.717) is 30.2 Å². The maximum atomic E-state index is 12.5. The lowest BCUT2D eigenvalue weighted by molar-refractivity contribution is 0.00590. The molecule has 2 aromatic carbocycles. The van der Waals surface area contributed by atoms with Crippen molar-refractivity contribution in [2.45, 2.75) is 19.6 Å². The molecule has 0 atom stereocenters. The second-order valence-electron chi connectivity index (χ2n) is 9.34. The molecule has 0 spiro atoms. The fourth-order valence-corrected chi connectivity index (χ4v) is 6.93. The Morgan fingerprint density at radius 2 is 1.93 bits per heavy atom. The summed E-state index contributed by atoms with van der Waals surface area (Å²) in [4.78, 5) is 29.2. The molecule has 1 aliphatic heterocycles. The Kier molecular flexibility index (Phi) is 6.23. The van der Waals surface area contributed by atoms with Crippen LogP contribution in [-0.2, 0) is 6.61 Å². The fourth-order valence-electron chi connectivity index (χ4n) is 4.43. The Balaban J connectivity index is 1.09. The van der Waals surface area contributed by atoms with Gasteiger partial charge in [0.25, 0.3) is 5.91 Å². The first-order valence-corrected chi connectivity index (χ1v) is 14.9. The summed E-state index contributed by atoms with van der Waals surface area (Å²) >= 11 is 4.57. The minimum atomic E-state index is -0.415. The lowest BCUT2D eigenvalue weighted by Gasteiger charge is -2.35. The number of methoxy groups -OCH3 is 1. The van der Waals surface area contributed by atoms with Crippen LogP contribution in [-0.4, -0.2) is 66.8 Å². The summed E-state index contributed by atoms with van der Waals surface area (Å²) in [7, 11) is 1.62. The van der Waals surface area contributed by atoms with Gasteiger partial charge in [-0.2, -0.15) is 5.10 Å². The van der Waals surface area contributed by atoms with Crippen molar-refractivity contribution >= 4 is 55.1 Å². The first kappa shape index (κ1) is 25.1. The van der Waals surface area contributed by atoms with Crippen LogP contribution < -0.4 is 9.47 Å². The monoisotopic (exact) mass is 590 g/mol. The van der Waals surface area contributed by atoms with Crippen LogP contribution in [0.25, 0.3) is 36.5 Å². The highest BCUT2D eigenvalue weighted by molar-refractivity contribution is 7.22. The third-order valence-corrected chi connectivity index (χ3v) is 9.37. The average Bonchev–Trinajstić information content (AvgIpc) is 3.72. The molecule has 0 aliphatic carbocycles. The molecule has 1 saturated heterocycles. The highest BCUT2D eigenvalue weighted by Gasteiger charge is 2.29. The van der Waals surface area contributed by atoms with E-state index in [1.807, 2.05) is 42.8 Å². The smallest absolute Gasteiger partial charge is 0.254 e. The number of hydrogen-bond acceptors (Lipinski definition) is 11. The topological polar surface area (TPSA) is 115 Å². The molecule has 1 fully saturated rings. The van der Waals surface area contributed by atoms with E-state index in [2.05, 4.69) is 10.1 Å². The van der Waals surface area contributed by atoms with E-state index in [1.165, 1.54) is 34.0 Å². The molecule has 0 saturated carbocycles. The van der Waals surface area contributed by atoms with Gasteiger partial charge in [0.1, 0.15) is 38.8 Å². The van der Waals surface area contributed by atoms with E-state index < -0.39 is 6.10 Å². The highest BCUT2D eigenvalue weighted by Crippen LogP contribution is 2.39. The van der Waals surface area contributed by atoms with Gasteiger partial charge in [-0.25, -0.2) is 19.5 Å². The number of nitrogens with zero attached hydrogens (tertiary/aromatic N) is 6. The third-order valence-electron chi connectivity index (χ3n) is 6.48. The minimum Gasteiger partial charge on any atom is -0.497 e. The minimum absolute atomic E-state index is 0.0691. The maximum absolute atomic E-state index is 12.5. The fraction of sp³-hybridized carbons (Fsp3) is 0.222. The lowest BCUT2D eigenvalue weighted by Crippen LogP contribution is -2.53. The molecule has 1 N–H and O–H groups in total. The van der Waals surface area contributed by atoms with Gasteiger partial charge in [0, 0.05) is 41.7 Å². The standard InChI is InChI=1S/C27H22N6O4S3/c1-14-31-33-11-21(30-27(33)39-14)25-29-20-7-19(36-2)8-22(23(20)40-25)37-12-17-13-38-24(28-17)15-3-5-16(6-4-15)26(35)32-9-18(34)10-32/h3-8,11,13,18,34H,9-10,12H2,1-2H3. The van der Waals surface area contributed by atoms with Gasteiger partial charge in [-0.05, 0) is 19.1 Å². The van der Waals surface area contributed by atoms with Gasteiger partial charge in [0.2, 0.25) is 4.96 Å². The largest absolute Gasteiger partial charge is 0.497 e. The molecule has 1 amide bonds. The summed E-state index contributed by atoms with van der Waals surface area (Å²) in [5.41, 5.74) is 3.87. The Morgan fingerprint density at radius 3 is 2.67 bits per heavy atom. The summed E-state index contributed by atoms with van der Waals surface area (Å²) in [5, 5.41) is 18.5. The van der Waals surface area contributed by atoms with Crippen molar-refractivity contribution in [2.75, 3.05) is 20.2 Å². The molecule has 0 bridgehead atoms. The number of benzene rings is 2. The number of fused-ring (bicyclic) bond motifs is 2. The summed E-state index contributed by atoms with van der Waals surface area (Å²) in [6, 6.07) is 11.1. The number of aliphatic hydroxyl groups excluding tert-OH is 1. The molecule has 202 valence electrons. The Hall–Kier alpha value is -3.91. The van der Waals surface area contributed by atoms with E-state index in [-0.39, 0.29) is 12.5 Å². The van der Waals surface area contributed by atoms with Gasteiger partial charge in [0.05, 0.1) is 35.3 Å². The second kappa shape index (κ2) is 9.93. The van der Waals surface area contributed by atoms with Gasteiger partial charge < -0.3 is 19.5 Å². The molecular formula is C27H22N6O4S3. The summed E-state index contributed by atoms with van der Waals surface area (Å²) in [6.45, 7) is 3.01. The van der Waals surface area contributed by atoms with Gasteiger partial charge in [-0.3, -0.25) is 4.79 Å². The van der Waals surface area contributed by atoms with Crippen LogP contribution in [0.5, 0.6) is 11.5 Å². The van der Waals surface area contributed by atoms with Gasteiger partial charge in [0.15, 0.2) is 0 Å². The number of carbonyl (C=O) groups is 1. The lowest BCUT2D eigenvalue weighted by atomic mass is 10.1. The Labute approximate surface area is 240 Å². The maximum Gasteiger partial charge on any atom is 0.254 e. The SMILES string of the molecule is COc1cc(OCc2csc(-c3ccc(C(=O)N4CC(O)C4)cc3)n2)c2sc(-c3cn4nc(C)sc4n3)nc2c1. The van der Waals surface area contributed by atoms with E-state index in [0.717, 1.165) is 47.2 Å². The Morgan fingerprint density at radius 1 is 1.10 bits per heavy atom. The normalized spacial score (nSPS) is 13.7. The number of carbonyl (C=O) groups excluding carboxylic acids is 1. The van der Waals surface area contributed by atoms with Crippen molar-refractivity contribution in [3.05, 3.63) is 64.2 Å². The summed E-state index contributed by atoms with van der Waals surface area (Å²) in [6.07, 6.45) is 1.48. The third kappa shape index (κ3) is 4.60. The molecule has 0 unspecified atom stereocenters. The number of rotatable bonds is 7. The van der Waals surface area contributed by atoms with Crippen molar-refractivity contribution in [2.24, 2.45) is 0 Å². The quantitative estimate of drug-likeness (QED) is 0.279. The molecule has 4 aromatic heterocycles. The van der Waals surface area contributed by atoms with E-state index in [4.69, 9.17) is 19.4 Å². The number of hydrogen-bond donors (Lipinski definition) is 1. The predicted molar refractivity (Wildman–Crippen MR) is 155 cm³/mol. The number of β-amino-alcohol motifs (C(OH)–C–C–N with tert-alkyl or cyclic N) is 1. The number of imidazole rings is 1. The summed E-state index contributed by atoms with van der Waals surface area (Å²) < 4.78 is 14.4. The first-order chi connectivity index (χ1) is 19.4. The van der Waals surface area contributed by atoms with Crippen LogP contribution in [0.4, 0.5) is 0 Å². The molecular weight excluding hydrogens is 569 g/mol. The number of aromatic nitrogens is 5. The van der Waals surface area contributed by atoms with Crippen molar-refractivity contribution in [3.8, 4) is 32.8 Å². The van der Waals surface area contributed by atoms with Crippen molar-refractivity contribution in [1.82, 2.24) is 29.5 Å². The number of likely N-dealkylation sites (tertiary alicyclic amines) is 1. The van der Waals surface area contributed by atoms with Crippen molar-refractivity contribution < 1.29 is 19.4 Å². The molecule has 1 aliphatic rings. The van der Waals surface area contributed by atoms with Crippen LogP contribution in [0.3, 0.4) is 0 Å². The molecule has 40 heavy (non-hydrogen) atoms. The van der Waals surface area contributed by atoms with Gasteiger partial charge in [-0.1, -0.05) is 23.5 Å². The highest BCUT2D eigenvalue weighted by atomic mass is 32.1. The van der Waals surface area contributed by atoms with Crippen LogP contribution in [0.15, 0.2) is 48.0 Å². The van der Waals surface area contributed by atoms with E-state index in [1.54, 1.807) is 28.7 Å². The molecule has 6 aromatic rings. The van der Waals surface area contributed by atoms with Crippen molar-refractivity contribution in [3.63, 3.8) is 0 Å².